The van der Waals surface area contributed by atoms with Crippen LogP contribution >= 0.6 is 24.8 Å². The summed E-state index contributed by atoms with van der Waals surface area (Å²) < 4.78 is 0. The average molecular weight is 381 g/mol. The van der Waals surface area contributed by atoms with Gasteiger partial charge >= 0.3 is 0 Å². The Morgan fingerprint density at radius 3 is 1.72 bits per heavy atom. The van der Waals surface area contributed by atoms with Gasteiger partial charge in [0, 0.05) is 32.1 Å². The second kappa shape index (κ2) is 11.5. The Balaban J connectivity index is 0.00000156. The van der Waals surface area contributed by atoms with Gasteiger partial charge in [0.25, 0.3) is 0 Å². The van der Waals surface area contributed by atoms with Crippen molar-refractivity contribution in [1.29, 1.82) is 0 Å². The first-order valence-corrected chi connectivity index (χ1v) is 8.84. The number of nitrogens with zero attached hydrogens (tertiary/aromatic N) is 2. The van der Waals surface area contributed by atoms with E-state index in [9.17, 15) is 0 Å². The van der Waals surface area contributed by atoms with Crippen molar-refractivity contribution < 1.29 is 0 Å². The summed E-state index contributed by atoms with van der Waals surface area (Å²) in [7, 11) is 2.22. The number of hydrogen-bond donors (Lipinski definition) is 0. The molecular weight excluding hydrogens is 351 g/mol. The molecule has 138 valence electrons. The van der Waals surface area contributed by atoms with Crippen molar-refractivity contribution in [1.82, 2.24) is 9.80 Å². The molecule has 1 aliphatic rings. The molecule has 0 bridgehead atoms. The number of likely N-dealkylation sites (N-methyl/N-ethyl adjacent to an activating group) is 1. The van der Waals surface area contributed by atoms with Crippen molar-refractivity contribution in [3.63, 3.8) is 0 Å². The molecular formula is C21H30Cl2N2. The molecule has 0 N–H and O–H groups in total. The minimum atomic E-state index is 0. The van der Waals surface area contributed by atoms with Gasteiger partial charge in [0.1, 0.15) is 0 Å². The molecule has 1 heterocycles. The highest BCUT2D eigenvalue weighted by atomic mass is 35.5. The van der Waals surface area contributed by atoms with Crippen LogP contribution in [0.1, 0.15) is 29.9 Å². The summed E-state index contributed by atoms with van der Waals surface area (Å²) in [5, 5.41) is 0. The van der Waals surface area contributed by atoms with Gasteiger partial charge in [-0.3, -0.25) is 0 Å². The summed E-state index contributed by atoms with van der Waals surface area (Å²) >= 11 is 0. The quantitative estimate of drug-likeness (QED) is 0.716. The molecule has 0 aromatic heterocycles. The molecule has 2 nitrogen and oxygen atoms in total. The molecule has 3 rings (SSSR count). The van der Waals surface area contributed by atoms with Gasteiger partial charge in [0.2, 0.25) is 0 Å². The maximum absolute atomic E-state index is 2.62. The van der Waals surface area contributed by atoms with E-state index in [0.29, 0.717) is 5.92 Å². The van der Waals surface area contributed by atoms with Crippen LogP contribution in [0.15, 0.2) is 60.7 Å². The van der Waals surface area contributed by atoms with Gasteiger partial charge in [0.05, 0.1) is 0 Å². The topological polar surface area (TPSA) is 6.48 Å². The smallest absolute Gasteiger partial charge is 0.0110 e. The predicted octanol–water partition coefficient (Wildman–Crippen LogP) is 4.69. The zero-order chi connectivity index (χ0) is 15.9. The standard InChI is InChI=1S/C21H28N2.2ClH/c1-22-15-17-23(18-16-22)14-8-13-21(19-9-4-2-5-10-19)20-11-6-3-7-12-20;;/h2-7,9-12,21H,8,13-18H2,1H3;2*1H. The maximum Gasteiger partial charge on any atom is 0.0110 e. The summed E-state index contributed by atoms with van der Waals surface area (Å²) in [6.07, 6.45) is 2.48. The van der Waals surface area contributed by atoms with Crippen LogP contribution in [0.4, 0.5) is 0 Å². The van der Waals surface area contributed by atoms with E-state index in [1.807, 2.05) is 0 Å². The third-order valence-electron chi connectivity index (χ3n) is 4.97. The second-order valence-electron chi connectivity index (χ2n) is 6.66. The van der Waals surface area contributed by atoms with Gasteiger partial charge in [-0.2, -0.15) is 0 Å². The first kappa shape index (κ1) is 22.0. The van der Waals surface area contributed by atoms with E-state index in [2.05, 4.69) is 77.5 Å². The monoisotopic (exact) mass is 380 g/mol. The Morgan fingerprint density at radius 1 is 0.760 bits per heavy atom. The zero-order valence-electron chi connectivity index (χ0n) is 15.0. The number of benzene rings is 2. The predicted molar refractivity (Wildman–Crippen MR) is 112 cm³/mol. The van der Waals surface area contributed by atoms with E-state index in [1.165, 1.54) is 56.7 Å². The van der Waals surface area contributed by atoms with Crippen LogP contribution in [0, 0.1) is 0 Å². The number of rotatable bonds is 6. The van der Waals surface area contributed by atoms with Gasteiger partial charge in [-0.1, -0.05) is 60.7 Å². The van der Waals surface area contributed by atoms with Crippen molar-refractivity contribution in [2.24, 2.45) is 0 Å². The summed E-state index contributed by atoms with van der Waals surface area (Å²) in [5.41, 5.74) is 2.88. The van der Waals surface area contributed by atoms with E-state index in [0.717, 1.165) is 0 Å². The minimum absolute atomic E-state index is 0. The lowest BCUT2D eigenvalue weighted by Gasteiger charge is -2.32. The fourth-order valence-electron chi connectivity index (χ4n) is 3.49. The largest absolute Gasteiger partial charge is 0.304 e. The molecule has 0 unspecified atom stereocenters. The molecule has 0 aliphatic carbocycles. The molecule has 0 atom stereocenters. The molecule has 1 fully saturated rings. The Morgan fingerprint density at radius 2 is 1.24 bits per heavy atom. The Hall–Kier alpha value is -1.06. The van der Waals surface area contributed by atoms with Gasteiger partial charge in [-0.25, -0.2) is 0 Å². The zero-order valence-corrected chi connectivity index (χ0v) is 16.6. The highest BCUT2D eigenvalue weighted by Crippen LogP contribution is 2.29. The first-order valence-electron chi connectivity index (χ1n) is 8.84. The van der Waals surface area contributed by atoms with E-state index >= 15 is 0 Å². The second-order valence-corrected chi connectivity index (χ2v) is 6.66. The molecule has 0 spiro atoms. The van der Waals surface area contributed by atoms with Crippen LogP contribution in [0.2, 0.25) is 0 Å². The number of hydrogen-bond acceptors (Lipinski definition) is 2. The molecule has 0 amide bonds. The Labute approximate surface area is 165 Å². The summed E-state index contributed by atoms with van der Waals surface area (Å²) in [4.78, 5) is 5.04. The Kier molecular flexibility index (Phi) is 10.1. The van der Waals surface area contributed by atoms with E-state index < -0.39 is 0 Å². The van der Waals surface area contributed by atoms with E-state index in [-0.39, 0.29) is 24.8 Å². The Bertz CT molecular complexity index is 529. The van der Waals surface area contributed by atoms with Crippen LogP contribution < -0.4 is 0 Å². The number of halogens is 2. The van der Waals surface area contributed by atoms with Crippen molar-refractivity contribution >= 4 is 24.8 Å². The SMILES string of the molecule is CN1CCN(CCCC(c2ccccc2)c2ccccc2)CC1.Cl.Cl. The molecule has 0 saturated carbocycles. The molecule has 0 radical (unpaired) electrons. The molecule has 1 aliphatic heterocycles. The third kappa shape index (κ3) is 6.63. The lowest BCUT2D eigenvalue weighted by Crippen LogP contribution is -2.44. The van der Waals surface area contributed by atoms with Crippen molar-refractivity contribution in [3.05, 3.63) is 71.8 Å². The summed E-state index contributed by atoms with van der Waals surface area (Å²) in [6.45, 7) is 6.08. The molecule has 1 saturated heterocycles. The lowest BCUT2D eigenvalue weighted by atomic mass is 9.87. The average Bonchev–Trinajstić information content (AvgIpc) is 2.62. The summed E-state index contributed by atoms with van der Waals surface area (Å²) in [6, 6.07) is 21.9. The van der Waals surface area contributed by atoms with Crippen molar-refractivity contribution in [2.45, 2.75) is 18.8 Å². The fraction of sp³-hybridized carbons (Fsp3) is 0.429. The van der Waals surface area contributed by atoms with Gasteiger partial charge < -0.3 is 9.80 Å². The molecule has 2 aromatic rings. The summed E-state index contributed by atoms with van der Waals surface area (Å²) in [5.74, 6) is 0.518. The highest BCUT2D eigenvalue weighted by molar-refractivity contribution is 5.85. The van der Waals surface area contributed by atoms with Gasteiger partial charge in [-0.05, 0) is 37.6 Å². The number of piperazine rings is 1. The van der Waals surface area contributed by atoms with Crippen LogP contribution in [0.5, 0.6) is 0 Å². The highest BCUT2D eigenvalue weighted by Gasteiger charge is 2.16. The van der Waals surface area contributed by atoms with Crippen LogP contribution in [0.3, 0.4) is 0 Å². The molecule has 2 aromatic carbocycles. The lowest BCUT2D eigenvalue weighted by molar-refractivity contribution is 0.152. The van der Waals surface area contributed by atoms with E-state index in [1.54, 1.807) is 0 Å². The van der Waals surface area contributed by atoms with E-state index in [4.69, 9.17) is 0 Å². The normalized spacial score (nSPS) is 15.4. The maximum atomic E-state index is 2.62. The van der Waals surface area contributed by atoms with Crippen LogP contribution in [0.25, 0.3) is 0 Å². The van der Waals surface area contributed by atoms with Crippen molar-refractivity contribution in [2.75, 3.05) is 39.8 Å². The fourth-order valence-corrected chi connectivity index (χ4v) is 3.49. The van der Waals surface area contributed by atoms with Crippen LogP contribution in [-0.4, -0.2) is 49.6 Å². The third-order valence-corrected chi connectivity index (χ3v) is 4.97. The van der Waals surface area contributed by atoms with Crippen LogP contribution in [-0.2, 0) is 0 Å². The molecule has 25 heavy (non-hydrogen) atoms. The van der Waals surface area contributed by atoms with Crippen molar-refractivity contribution in [3.8, 4) is 0 Å². The molecule has 4 heteroatoms. The first-order chi connectivity index (χ1) is 11.3. The van der Waals surface area contributed by atoms with Gasteiger partial charge in [-0.15, -0.1) is 24.8 Å². The minimum Gasteiger partial charge on any atom is -0.304 e. The van der Waals surface area contributed by atoms with Gasteiger partial charge in [0.15, 0.2) is 0 Å².